The molecule has 1 heterocycles. The number of Topliss-reactive ketones (excluding diaryl/α,β-unsaturated/α-hetero) is 1. The summed E-state index contributed by atoms with van der Waals surface area (Å²) in [6.45, 7) is 3.43. The number of aromatic hydroxyl groups is 2. The third-order valence-electron chi connectivity index (χ3n) is 7.36. The van der Waals surface area contributed by atoms with E-state index < -0.39 is 41.4 Å². The van der Waals surface area contributed by atoms with Crippen LogP contribution < -0.4 is 4.74 Å². The highest BCUT2D eigenvalue weighted by Crippen LogP contribution is 2.51. The van der Waals surface area contributed by atoms with Crippen LogP contribution >= 0.6 is 0 Å². The Morgan fingerprint density at radius 3 is 2.49 bits per heavy atom. The maximum atomic E-state index is 13.6. The summed E-state index contributed by atoms with van der Waals surface area (Å²) in [4.78, 5) is 39.4. The van der Waals surface area contributed by atoms with Crippen LogP contribution in [0.5, 0.6) is 17.2 Å². The minimum absolute atomic E-state index is 0.00844. The summed E-state index contributed by atoms with van der Waals surface area (Å²) < 4.78 is 17.5. The van der Waals surface area contributed by atoms with Crippen LogP contribution in [0, 0.1) is 5.92 Å². The van der Waals surface area contributed by atoms with E-state index in [1.54, 1.807) is 12.1 Å². The fourth-order valence-corrected chi connectivity index (χ4v) is 5.56. The number of ketones is 3. The summed E-state index contributed by atoms with van der Waals surface area (Å²) in [5.74, 6) is -2.35. The molecule has 1 aliphatic heterocycles. The summed E-state index contributed by atoms with van der Waals surface area (Å²) in [6, 6.07) is 4.64. The number of carbonyl (C=O) groups excluding carboxylic acids is 3. The second kappa shape index (κ2) is 8.77. The monoisotopic (exact) mass is 480 g/mol. The van der Waals surface area contributed by atoms with Crippen molar-refractivity contribution in [3.8, 4) is 17.2 Å². The molecule has 0 amide bonds. The molecule has 0 aromatic heterocycles. The van der Waals surface area contributed by atoms with Crippen LogP contribution in [0.4, 0.5) is 0 Å². The number of hydrogen-bond acceptors (Lipinski definition) is 8. The predicted octanol–water partition coefficient (Wildman–Crippen LogP) is 4.01. The number of benzene rings is 2. The van der Waals surface area contributed by atoms with Crippen molar-refractivity contribution in [1.82, 2.24) is 0 Å². The summed E-state index contributed by atoms with van der Waals surface area (Å²) in [6.07, 6.45) is 1.55. The molecule has 3 aliphatic rings. The van der Waals surface area contributed by atoms with Gasteiger partial charge in [-0.15, -0.1) is 0 Å². The first kappa shape index (κ1) is 23.5. The number of hydrogen-bond donors (Lipinski definition) is 2. The smallest absolute Gasteiger partial charge is 0.202 e. The summed E-state index contributed by atoms with van der Waals surface area (Å²) in [5, 5.41) is 22.7. The van der Waals surface area contributed by atoms with Gasteiger partial charge in [-0.3, -0.25) is 14.4 Å². The first-order valence-electron chi connectivity index (χ1n) is 11.9. The van der Waals surface area contributed by atoms with Gasteiger partial charge >= 0.3 is 0 Å². The van der Waals surface area contributed by atoms with Crippen molar-refractivity contribution in [2.45, 2.75) is 64.4 Å². The number of phenols is 2. The molecule has 2 aliphatic carbocycles. The highest BCUT2D eigenvalue weighted by molar-refractivity contribution is 6.31. The second-order valence-corrected chi connectivity index (χ2v) is 9.56. The molecule has 8 heteroatoms. The van der Waals surface area contributed by atoms with E-state index in [1.165, 1.54) is 20.1 Å². The zero-order chi connectivity index (χ0) is 25.0. The van der Waals surface area contributed by atoms with Crippen molar-refractivity contribution in [2.75, 3.05) is 7.11 Å². The lowest BCUT2D eigenvalue weighted by Crippen LogP contribution is -2.33. The second-order valence-electron chi connectivity index (χ2n) is 9.56. The van der Waals surface area contributed by atoms with E-state index in [-0.39, 0.29) is 63.9 Å². The molecule has 1 fully saturated rings. The number of methoxy groups -OCH3 is 1. The normalized spacial score (nSPS) is 25.5. The third kappa shape index (κ3) is 3.72. The zero-order valence-electron chi connectivity index (χ0n) is 19.9. The zero-order valence-corrected chi connectivity index (χ0v) is 19.9. The van der Waals surface area contributed by atoms with Gasteiger partial charge in [0.05, 0.1) is 36.0 Å². The lowest BCUT2D eigenvalue weighted by molar-refractivity contribution is -0.216. The maximum Gasteiger partial charge on any atom is 0.202 e. The molecule has 0 spiro atoms. The Balaban J connectivity index is 1.68. The van der Waals surface area contributed by atoms with Crippen LogP contribution in [0.2, 0.25) is 0 Å². The van der Waals surface area contributed by atoms with Crippen LogP contribution in [0.3, 0.4) is 0 Å². The van der Waals surface area contributed by atoms with Gasteiger partial charge in [0.15, 0.2) is 12.1 Å². The van der Waals surface area contributed by atoms with E-state index >= 15 is 0 Å². The molecule has 0 saturated carbocycles. The Labute approximate surface area is 202 Å². The van der Waals surface area contributed by atoms with Crippen molar-refractivity contribution in [3.05, 3.63) is 51.6 Å². The van der Waals surface area contributed by atoms with Crippen molar-refractivity contribution >= 4 is 17.3 Å². The maximum absolute atomic E-state index is 13.6. The largest absolute Gasteiger partial charge is 0.507 e. The molecular formula is C27H28O8. The van der Waals surface area contributed by atoms with Crippen molar-refractivity contribution in [3.63, 3.8) is 0 Å². The quantitative estimate of drug-likeness (QED) is 0.538. The molecule has 1 unspecified atom stereocenters. The van der Waals surface area contributed by atoms with Crippen molar-refractivity contribution < 1.29 is 38.8 Å². The topological polar surface area (TPSA) is 119 Å². The molecule has 0 bridgehead atoms. The van der Waals surface area contributed by atoms with Crippen LogP contribution in [0.15, 0.2) is 18.2 Å². The van der Waals surface area contributed by atoms with E-state index in [0.29, 0.717) is 6.42 Å². The highest BCUT2D eigenvalue weighted by Gasteiger charge is 2.44. The standard InChI is InChI=1S/C27H28O8/c1-12-6-4-9-19(34-12)35-18-11-14(13(2)28)10-16-21(18)27(32)23-22(25(16)30)24(29)15-7-5-8-17(33-3)20(15)26(23)31/h5,7-8,12,14,18-19,30,32H,4,6,9-11H2,1-3H3/t12-,14?,18-,19-/m0/s1. The van der Waals surface area contributed by atoms with Gasteiger partial charge in [0.2, 0.25) is 5.78 Å². The number of carbonyl (C=O) groups is 3. The van der Waals surface area contributed by atoms with Gasteiger partial charge < -0.3 is 24.4 Å². The summed E-state index contributed by atoms with van der Waals surface area (Å²) in [5.41, 5.74) is 0.108. The van der Waals surface area contributed by atoms with Crippen LogP contribution in [-0.4, -0.2) is 47.1 Å². The molecule has 2 aromatic carbocycles. The van der Waals surface area contributed by atoms with E-state index in [2.05, 4.69) is 0 Å². The fourth-order valence-electron chi connectivity index (χ4n) is 5.56. The van der Waals surface area contributed by atoms with Gasteiger partial charge in [-0.05, 0) is 52.0 Å². The Kier molecular flexibility index (Phi) is 5.89. The average molecular weight is 481 g/mol. The minimum Gasteiger partial charge on any atom is -0.507 e. The molecule has 184 valence electrons. The Bertz CT molecular complexity index is 1250. The molecule has 2 N–H and O–H groups in total. The summed E-state index contributed by atoms with van der Waals surface area (Å²) >= 11 is 0. The molecule has 4 atom stereocenters. The molecule has 8 nitrogen and oxygen atoms in total. The molecule has 0 radical (unpaired) electrons. The van der Waals surface area contributed by atoms with E-state index in [9.17, 15) is 24.6 Å². The third-order valence-corrected chi connectivity index (χ3v) is 7.36. The minimum atomic E-state index is -0.791. The van der Waals surface area contributed by atoms with Crippen LogP contribution in [0.1, 0.15) is 88.6 Å². The first-order valence-corrected chi connectivity index (χ1v) is 11.9. The summed E-state index contributed by atoms with van der Waals surface area (Å²) in [7, 11) is 1.39. The lowest BCUT2D eigenvalue weighted by atomic mass is 9.74. The molecular weight excluding hydrogens is 452 g/mol. The Morgan fingerprint density at radius 1 is 1.06 bits per heavy atom. The average Bonchev–Trinajstić information content (AvgIpc) is 2.83. The highest BCUT2D eigenvalue weighted by atomic mass is 16.7. The van der Waals surface area contributed by atoms with Crippen LogP contribution in [0.25, 0.3) is 0 Å². The van der Waals surface area contributed by atoms with Gasteiger partial charge in [-0.2, -0.15) is 0 Å². The van der Waals surface area contributed by atoms with E-state index in [4.69, 9.17) is 14.2 Å². The molecule has 5 rings (SSSR count). The first-order chi connectivity index (χ1) is 16.7. The number of fused-ring (bicyclic) bond motifs is 3. The van der Waals surface area contributed by atoms with Gasteiger partial charge in [0.25, 0.3) is 0 Å². The SMILES string of the molecule is COc1cccc2c1C(=O)c1c(O)c3c(c(O)c1C2=O)CC(C(C)=O)C[C@@H]3O[C@H]1CCC[C@H](C)O1. The number of phenolic OH excluding ortho intramolecular Hbond substituents is 2. The van der Waals surface area contributed by atoms with Crippen molar-refractivity contribution in [1.29, 1.82) is 0 Å². The van der Waals surface area contributed by atoms with Crippen LogP contribution in [-0.2, 0) is 20.7 Å². The Morgan fingerprint density at radius 2 is 1.80 bits per heavy atom. The van der Waals surface area contributed by atoms with Gasteiger partial charge in [0, 0.05) is 22.6 Å². The Hall–Kier alpha value is -3.23. The van der Waals surface area contributed by atoms with Gasteiger partial charge in [-0.1, -0.05) is 12.1 Å². The van der Waals surface area contributed by atoms with Crippen molar-refractivity contribution in [2.24, 2.45) is 5.92 Å². The van der Waals surface area contributed by atoms with Gasteiger partial charge in [0.1, 0.15) is 23.0 Å². The molecule has 1 saturated heterocycles. The number of ether oxygens (including phenoxy) is 3. The van der Waals surface area contributed by atoms with E-state index in [0.717, 1.165) is 12.8 Å². The lowest BCUT2D eigenvalue weighted by Gasteiger charge is -2.37. The van der Waals surface area contributed by atoms with Gasteiger partial charge in [-0.25, -0.2) is 0 Å². The molecule has 35 heavy (non-hydrogen) atoms. The fraction of sp³-hybridized carbons (Fsp3) is 0.444. The van der Waals surface area contributed by atoms with E-state index in [1.807, 2.05) is 6.92 Å². The molecule has 2 aromatic rings. The number of rotatable bonds is 4. The predicted molar refractivity (Wildman–Crippen MR) is 124 cm³/mol.